The van der Waals surface area contributed by atoms with Crippen molar-refractivity contribution in [1.82, 2.24) is 5.43 Å². The van der Waals surface area contributed by atoms with Crippen LogP contribution >= 0.6 is 0 Å². The maximum atomic E-state index is 12.3. The maximum Gasteiger partial charge on any atom is 0.244 e. The number of nitrogens with zero attached hydrogens (tertiary/aromatic N) is 1. The van der Waals surface area contributed by atoms with Crippen LogP contribution in [0.3, 0.4) is 0 Å². The summed E-state index contributed by atoms with van der Waals surface area (Å²) in [6.07, 6.45) is 7.19. The summed E-state index contributed by atoms with van der Waals surface area (Å²) in [6.45, 7) is 4.20. The smallest absolute Gasteiger partial charge is 0.244 e. The number of hydrogen-bond acceptors (Lipinski definition) is 3. The second-order valence-corrected chi connectivity index (χ2v) is 6.59. The van der Waals surface area contributed by atoms with E-state index in [1.54, 1.807) is 6.21 Å². The van der Waals surface area contributed by atoms with Crippen LogP contribution in [-0.4, -0.2) is 18.7 Å². The number of amides is 1. The monoisotopic (exact) mass is 370 g/mol. The van der Waals surface area contributed by atoms with Crippen LogP contribution in [0.2, 0.25) is 0 Å². The predicted octanol–water partition coefficient (Wildman–Crippen LogP) is 4.16. The number of hydrazone groups is 1. The molecular formula is C24H22N2O2. The highest BCUT2D eigenvalue weighted by molar-refractivity contribution is 6.02. The van der Waals surface area contributed by atoms with Gasteiger partial charge >= 0.3 is 0 Å². The van der Waals surface area contributed by atoms with Gasteiger partial charge < -0.3 is 4.74 Å². The standard InChI is InChI=1S/C24H22N2O2/c1-4-13-28-23-12-11-19-7-5-6-8-21(19)22(23)16-25-26-24(27)15-20-10-9-17(2)14-18(20)3/h1,5-12,14,16H,13,15H2,2-3H3,(H,26,27)/b25-16+. The van der Waals surface area contributed by atoms with E-state index >= 15 is 0 Å². The van der Waals surface area contributed by atoms with Gasteiger partial charge in [0.2, 0.25) is 5.91 Å². The summed E-state index contributed by atoms with van der Waals surface area (Å²) < 4.78 is 5.63. The van der Waals surface area contributed by atoms with Gasteiger partial charge in [-0.1, -0.05) is 60.0 Å². The zero-order valence-corrected chi connectivity index (χ0v) is 16.0. The maximum absolute atomic E-state index is 12.3. The summed E-state index contributed by atoms with van der Waals surface area (Å²) in [4.78, 5) is 12.3. The molecule has 0 aliphatic rings. The van der Waals surface area contributed by atoms with Gasteiger partial charge in [-0.05, 0) is 41.8 Å². The Labute approximate surface area is 165 Å². The van der Waals surface area contributed by atoms with E-state index in [-0.39, 0.29) is 18.9 Å². The third-order valence-corrected chi connectivity index (χ3v) is 4.47. The van der Waals surface area contributed by atoms with E-state index < -0.39 is 0 Å². The number of terminal acetylenes is 1. The molecule has 3 rings (SSSR count). The molecule has 0 aliphatic heterocycles. The molecule has 4 nitrogen and oxygen atoms in total. The summed E-state index contributed by atoms with van der Waals surface area (Å²) in [5.41, 5.74) is 6.64. The first-order chi connectivity index (χ1) is 13.6. The van der Waals surface area contributed by atoms with Crippen molar-refractivity contribution in [2.45, 2.75) is 20.3 Å². The largest absolute Gasteiger partial charge is 0.480 e. The number of benzene rings is 3. The molecule has 1 amide bonds. The molecule has 0 fully saturated rings. The van der Waals surface area contributed by atoms with Crippen LogP contribution in [-0.2, 0) is 11.2 Å². The van der Waals surface area contributed by atoms with Crippen molar-refractivity contribution in [2.75, 3.05) is 6.61 Å². The van der Waals surface area contributed by atoms with Gasteiger partial charge in [-0.15, -0.1) is 6.42 Å². The van der Waals surface area contributed by atoms with Crippen LogP contribution in [0.15, 0.2) is 59.7 Å². The van der Waals surface area contributed by atoms with Gasteiger partial charge in [0.05, 0.1) is 12.6 Å². The molecule has 0 saturated heterocycles. The van der Waals surface area contributed by atoms with Crippen molar-refractivity contribution >= 4 is 22.9 Å². The van der Waals surface area contributed by atoms with Gasteiger partial charge in [-0.2, -0.15) is 5.10 Å². The molecule has 0 aliphatic carbocycles. The lowest BCUT2D eigenvalue weighted by molar-refractivity contribution is -0.120. The minimum atomic E-state index is -0.172. The SMILES string of the molecule is C#CCOc1ccc2ccccc2c1/C=N/NC(=O)Cc1ccc(C)cc1C. The Kier molecular flexibility index (Phi) is 6.08. The van der Waals surface area contributed by atoms with Crippen LogP contribution < -0.4 is 10.2 Å². The highest BCUT2D eigenvalue weighted by Gasteiger charge is 2.08. The minimum Gasteiger partial charge on any atom is -0.480 e. The van der Waals surface area contributed by atoms with Gasteiger partial charge in [-0.25, -0.2) is 5.43 Å². The molecule has 0 radical (unpaired) electrons. The topological polar surface area (TPSA) is 50.7 Å². The summed E-state index contributed by atoms with van der Waals surface area (Å²) >= 11 is 0. The molecule has 4 heteroatoms. The second kappa shape index (κ2) is 8.88. The Morgan fingerprint density at radius 3 is 2.79 bits per heavy atom. The molecule has 140 valence electrons. The Morgan fingerprint density at radius 1 is 1.18 bits per heavy atom. The fraction of sp³-hybridized carbons (Fsp3) is 0.167. The van der Waals surface area contributed by atoms with Crippen LogP contribution in [0.4, 0.5) is 0 Å². The Balaban J connectivity index is 1.78. The van der Waals surface area contributed by atoms with Crippen molar-refractivity contribution < 1.29 is 9.53 Å². The summed E-state index contributed by atoms with van der Waals surface area (Å²) in [6, 6.07) is 17.8. The van der Waals surface area contributed by atoms with Crippen molar-refractivity contribution in [1.29, 1.82) is 0 Å². The van der Waals surface area contributed by atoms with Crippen molar-refractivity contribution in [3.05, 3.63) is 76.9 Å². The number of ether oxygens (including phenoxy) is 1. The lowest BCUT2D eigenvalue weighted by atomic mass is 10.0. The first kappa shape index (κ1) is 19.2. The van der Waals surface area contributed by atoms with E-state index in [0.29, 0.717) is 5.75 Å². The molecular weight excluding hydrogens is 348 g/mol. The number of rotatable bonds is 6. The zero-order valence-electron chi connectivity index (χ0n) is 16.0. The molecule has 0 heterocycles. The quantitative estimate of drug-likeness (QED) is 0.402. The average Bonchev–Trinajstić information content (AvgIpc) is 2.69. The Bertz CT molecular complexity index is 1080. The summed E-state index contributed by atoms with van der Waals surface area (Å²) in [7, 11) is 0. The molecule has 3 aromatic carbocycles. The van der Waals surface area contributed by atoms with E-state index in [1.165, 1.54) is 5.56 Å². The highest BCUT2D eigenvalue weighted by atomic mass is 16.5. The van der Waals surface area contributed by atoms with Crippen LogP contribution in [0.1, 0.15) is 22.3 Å². The molecule has 0 spiro atoms. The second-order valence-electron chi connectivity index (χ2n) is 6.59. The minimum absolute atomic E-state index is 0.165. The normalized spacial score (nSPS) is 10.8. The van der Waals surface area contributed by atoms with Crippen molar-refractivity contribution in [3.8, 4) is 18.1 Å². The Morgan fingerprint density at radius 2 is 2.00 bits per heavy atom. The van der Waals surface area contributed by atoms with Crippen molar-refractivity contribution in [3.63, 3.8) is 0 Å². The summed E-state index contributed by atoms with van der Waals surface area (Å²) in [5, 5.41) is 6.18. The van der Waals surface area contributed by atoms with E-state index in [9.17, 15) is 4.79 Å². The van der Waals surface area contributed by atoms with Crippen molar-refractivity contribution in [2.24, 2.45) is 5.10 Å². The molecule has 1 N–H and O–H groups in total. The fourth-order valence-electron chi connectivity index (χ4n) is 3.08. The number of hydrogen-bond donors (Lipinski definition) is 1. The first-order valence-electron chi connectivity index (χ1n) is 9.04. The van der Waals surface area contributed by atoms with Gasteiger partial charge in [0.25, 0.3) is 0 Å². The molecule has 0 bridgehead atoms. The fourth-order valence-corrected chi connectivity index (χ4v) is 3.08. The molecule has 0 atom stereocenters. The van der Waals surface area contributed by atoms with E-state index in [1.807, 2.05) is 62.4 Å². The van der Waals surface area contributed by atoms with E-state index in [2.05, 4.69) is 22.5 Å². The molecule has 28 heavy (non-hydrogen) atoms. The zero-order chi connectivity index (χ0) is 19.9. The van der Waals surface area contributed by atoms with Crippen LogP contribution in [0, 0.1) is 26.2 Å². The highest BCUT2D eigenvalue weighted by Crippen LogP contribution is 2.26. The first-order valence-corrected chi connectivity index (χ1v) is 9.04. The van der Waals surface area contributed by atoms with Crippen LogP contribution in [0.5, 0.6) is 5.75 Å². The molecule has 3 aromatic rings. The number of carbonyl (C=O) groups is 1. The van der Waals surface area contributed by atoms with Gasteiger partial charge in [0.1, 0.15) is 12.4 Å². The number of carbonyl (C=O) groups excluding carboxylic acids is 1. The number of aryl methyl sites for hydroxylation is 2. The predicted molar refractivity (Wildman–Crippen MR) is 114 cm³/mol. The van der Waals surface area contributed by atoms with Gasteiger partial charge in [-0.3, -0.25) is 4.79 Å². The van der Waals surface area contributed by atoms with Gasteiger partial charge in [0.15, 0.2) is 0 Å². The third kappa shape index (κ3) is 4.57. The van der Waals surface area contributed by atoms with E-state index in [4.69, 9.17) is 11.2 Å². The molecule has 0 unspecified atom stereocenters. The molecule has 0 aromatic heterocycles. The Hall–Kier alpha value is -3.58. The lowest BCUT2D eigenvalue weighted by Crippen LogP contribution is -2.20. The third-order valence-electron chi connectivity index (χ3n) is 4.47. The number of fused-ring (bicyclic) bond motifs is 1. The molecule has 0 saturated carbocycles. The number of nitrogens with one attached hydrogen (secondary N) is 1. The lowest BCUT2D eigenvalue weighted by Gasteiger charge is -2.10. The van der Waals surface area contributed by atoms with Gasteiger partial charge in [0, 0.05) is 5.56 Å². The average molecular weight is 370 g/mol. The van der Waals surface area contributed by atoms with Crippen LogP contribution in [0.25, 0.3) is 10.8 Å². The summed E-state index contributed by atoms with van der Waals surface area (Å²) in [5.74, 6) is 2.92. The van der Waals surface area contributed by atoms with E-state index in [0.717, 1.165) is 27.5 Å².